The fourth-order valence-electron chi connectivity index (χ4n) is 1.24. The molecule has 0 aliphatic heterocycles. The first-order valence-corrected chi connectivity index (χ1v) is 4.73. The van der Waals surface area contributed by atoms with Gasteiger partial charge in [-0.3, -0.25) is 0 Å². The summed E-state index contributed by atoms with van der Waals surface area (Å²) in [7, 11) is 0.0720. The third-order valence-corrected chi connectivity index (χ3v) is 1.99. The second-order valence-electron chi connectivity index (χ2n) is 3.26. The summed E-state index contributed by atoms with van der Waals surface area (Å²) < 4.78 is 10.2. The molecule has 4 nitrogen and oxygen atoms in total. The molecule has 2 N–H and O–H groups in total. The molecule has 1 aromatic carbocycles. The van der Waals surface area contributed by atoms with E-state index in [-0.39, 0.29) is 0 Å². The molecular weight excluding hydrogens is 195 g/mol. The summed E-state index contributed by atoms with van der Waals surface area (Å²) in [6, 6.07) is 5.26. The van der Waals surface area contributed by atoms with Gasteiger partial charge in [0, 0.05) is 12.6 Å². The molecule has 0 heterocycles. The van der Waals surface area contributed by atoms with Crippen LogP contribution in [0.25, 0.3) is 0 Å². The van der Waals surface area contributed by atoms with Crippen LogP contribution in [0.1, 0.15) is 5.56 Å². The van der Waals surface area contributed by atoms with E-state index in [4.69, 9.17) is 19.5 Å². The summed E-state index contributed by atoms with van der Waals surface area (Å²) in [5.41, 5.74) is 1.34. The first-order valence-electron chi connectivity index (χ1n) is 4.73. The van der Waals surface area contributed by atoms with Gasteiger partial charge in [0.1, 0.15) is 12.4 Å². The molecule has 0 aromatic heterocycles. The first kappa shape index (κ1) is 12.0. The molecular formula is C10H15BO4. The van der Waals surface area contributed by atoms with Crippen LogP contribution in [0.3, 0.4) is 0 Å². The smallest absolute Gasteiger partial charge is 0.492 e. The predicted octanol–water partition coefficient (Wildman–Crippen LogP) is -0.300. The molecule has 0 spiro atoms. The zero-order valence-corrected chi connectivity index (χ0v) is 8.93. The van der Waals surface area contributed by atoms with Gasteiger partial charge in [0.2, 0.25) is 0 Å². The maximum absolute atomic E-state index is 9.13. The molecule has 15 heavy (non-hydrogen) atoms. The number of aryl methyl sites for hydroxylation is 1. The van der Waals surface area contributed by atoms with E-state index in [9.17, 15) is 0 Å². The Hall–Kier alpha value is -1.04. The quantitative estimate of drug-likeness (QED) is 0.517. The van der Waals surface area contributed by atoms with Crippen molar-refractivity contribution in [3.8, 4) is 5.75 Å². The summed E-state index contributed by atoms with van der Waals surface area (Å²) in [6.45, 7) is 2.74. The largest absolute Gasteiger partial charge is 0.492 e. The Morgan fingerprint density at radius 2 is 2.00 bits per heavy atom. The van der Waals surface area contributed by atoms with Gasteiger partial charge in [-0.2, -0.15) is 0 Å². The third kappa shape index (κ3) is 3.55. The van der Waals surface area contributed by atoms with Crippen molar-refractivity contribution >= 4 is 12.6 Å². The molecule has 0 saturated carbocycles. The maximum atomic E-state index is 9.13. The second-order valence-corrected chi connectivity index (χ2v) is 3.26. The maximum Gasteiger partial charge on any atom is 0.492 e. The van der Waals surface area contributed by atoms with Crippen LogP contribution in [-0.2, 0) is 4.74 Å². The minimum Gasteiger partial charge on any atom is -0.492 e. The Balaban J connectivity index is 2.77. The van der Waals surface area contributed by atoms with Crippen LogP contribution in [-0.4, -0.2) is 37.5 Å². The normalized spacial score (nSPS) is 10.1. The number of ether oxygens (including phenoxy) is 2. The molecule has 1 rings (SSSR count). The topological polar surface area (TPSA) is 58.9 Å². The van der Waals surface area contributed by atoms with Crippen LogP contribution in [0, 0.1) is 6.92 Å². The Bertz CT molecular complexity index is 314. The van der Waals surface area contributed by atoms with Crippen molar-refractivity contribution in [1.29, 1.82) is 0 Å². The Morgan fingerprint density at radius 1 is 1.27 bits per heavy atom. The molecule has 0 atom stereocenters. The molecule has 0 aliphatic carbocycles. The van der Waals surface area contributed by atoms with Gasteiger partial charge in [-0.05, 0) is 13.0 Å². The summed E-state index contributed by atoms with van der Waals surface area (Å²) in [4.78, 5) is 0. The highest BCUT2D eigenvalue weighted by Gasteiger charge is 2.16. The van der Waals surface area contributed by atoms with Crippen LogP contribution in [0.2, 0.25) is 0 Å². The van der Waals surface area contributed by atoms with Gasteiger partial charge < -0.3 is 19.5 Å². The number of hydrogen-bond donors (Lipinski definition) is 2. The fourth-order valence-corrected chi connectivity index (χ4v) is 1.24. The molecule has 0 bridgehead atoms. The van der Waals surface area contributed by atoms with E-state index < -0.39 is 7.12 Å². The Kier molecular flexibility index (Phi) is 4.61. The molecule has 0 amide bonds. The van der Waals surface area contributed by atoms with Crippen molar-refractivity contribution in [2.75, 3.05) is 20.3 Å². The van der Waals surface area contributed by atoms with Crippen molar-refractivity contribution in [2.45, 2.75) is 6.92 Å². The molecule has 0 aliphatic rings. The summed E-state index contributed by atoms with van der Waals surface area (Å²) in [5.74, 6) is 0.479. The number of methoxy groups -OCH3 is 1. The molecule has 0 fully saturated rings. The van der Waals surface area contributed by atoms with E-state index in [1.807, 2.05) is 13.0 Å². The SMILES string of the molecule is COCCOc1ccc(C)cc1B(O)O. The first-order chi connectivity index (χ1) is 7.15. The lowest BCUT2D eigenvalue weighted by atomic mass is 9.79. The molecule has 0 radical (unpaired) electrons. The van der Waals surface area contributed by atoms with Crippen LogP contribution in [0.15, 0.2) is 18.2 Å². The van der Waals surface area contributed by atoms with Crippen LogP contribution in [0.4, 0.5) is 0 Å². The highest BCUT2D eigenvalue weighted by molar-refractivity contribution is 6.59. The monoisotopic (exact) mass is 210 g/mol. The Labute approximate surface area is 89.6 Å². The standard InChI is InChI=1S/C10H15BO4/c1-8-3-4-10(15-6-5-14-2)9(7-8)11(12)13/h3-4,7,12-13H,5-6H2,1-2H3. The lowest BCUT2D eigenvalue weighted by molar-refractivity contribution is 0.146. The highest BCUT2D eigenvalue weighted by atomic mass is 16.5. The summed E-state index contributed by atoms with van der Waals surface area (Å²) >= 11 is 0. The van der Waals surface area contributed by atoms with E-state index in [0.717, 1.165) is 5.56 Å². The van der Waals surface area contributed by atoms with Gasteiger partial charge in [0.05, 0.1) is 6.61 Å². The second kappa shape index (κ2) is 5.75. The highest BCUT2D eigenvalue weighted by Crippen LogP contribution is 2.09. The van der Waals surface area contributed by atoms with Crippen molar-refractivity contribution in [1.82, 2.24) is 0 Å². The minimum atomic E-state index is -1.51. The van der Waals surface area contributed by atoms with Gasteiger partial charge >= 0.3 is 7.12 Å². The predicted molar refractivity (Wildman–Crippen MR) is 58.4 cm³/mol. The van der Waals surface area contributed by atoms with Crippen LogP contribution < -0.4 is 10.2 Å². The average Bonchev–Trinajstić information content (AvgIpc) is 2.20. The zero-order chi connectivity index (χ0) is 11.3. The zero-order valence-electron chi connectivity index (χ0n) is 8.93. The van der Waals surface area contributed by atoms with Crippen molar-refractivity contribution < 1.29 is 19.5 Å². The third-order valence-electron chi connectivity index (χ3n) is 1.99. The molecule has 5 heteroatoms. The van der Waals surface area contributed by atoms with Gasteiger partial charge in [0.25, 0.3) is 0 Å². The van der Waals surface area contributed by atoms with E-state index in [2.05, 4.69) is 0 Å². The van der Waals surface area contributed by atoms with Crippen molar-refractivity contribution in [2.24, 2.45) is 0 Å². The van der Waals surface area contributed by atoms with Gasteiger partial charge in [-0.15, -0.1) is 0 Å². The molecule has 0 unspecified atom stereocenters. The lowest BCUT2D eigenvalue weighted by Crippen LogP contribution is -2.32. The average molecular weight is 210 g/mol. The molecule has 82 valence electrons. The number of benzene rings is 1. The summed E-state index contributed by atoms with van der Waals surface area (Å²) in [6.07, 6.45) is 0. The minimum absolute atomic E-state index is 0.381. The van der Waals surface area contributed by atoms with E-state index in [0.29, 0.717) is 24.4 Å². The van der Waals surface area contributed by atoms with Gasteiger partial charge in [0.15, 0.2) is 0 Å². The van der Waals surface area contributed by atoms with Crippen molar-refractivity contribution in [3.05, 3.63) is 23.8 Å². The molecule has 0 saturated heterocycles. The van der Waals surface area contributed by atoms with Gasteiger partial charge in [-0.25, -0.2) is 0 Å². The van der Waals surface area contributed by atoms with E-state index >= 15 is 0 Å². The van der Waals surface area contributed by atoms with E-state index in [1.54, 1.807) is 19.2 Å². The van der Waals surface area contributed by atoms with E-state index in [1.165, 1.54) is 0 Å². The van der Waals surface area contributed by atoms with Crippen LogP contribution in [0.5, 0.6) is 5.75 Å². The molecule has 1 aromatic rings. The Morgan fingerprint density at radius 3 is 2.60 bits per heavy atom. The number of hydrogen-bond acceptors (Lipinski definition) is 4. The van der Waals surface area contributed by atoms with Gasteiger partial charge in [-0.1, -0.05) is 17.7 Å². The van der Waals surface area contributed by atoms with Crippen LogP contribution >= 0.6 is 0 Å². The number of rotatable bonds is 5. The summed E-state index contributed by atoms with van der Waals surface area (Å²) in [5, 5.41) is 18.3. The fraction of sp³-hybridized carbons (Fsp3) is 0.400. The lowest BCUT2D eigenvalue weighted by Gasteiger charge is -2.11. The van der Waals surface area contributed by atoms with Crippen molar-refractivity contribution in [3.63, 3.8) is 0 Å².